The van der Waals surface area contributed by atoms with Crippen molar-refractivity contribution in [3.63, 3.8) is 0 Å². The number of unbranched alkanes of at least 4 members (excludes halogenated alkanes) is 8. The average Bonchev–Trinajstić information content (AvgIpc) is 2.52. The largest absolute Gasteiger partial charge is 1.00 e. The maximum atomic E-state index is 12.0. The van der Waals surface area contributed by atoms with Crippen LogP contribution in [-0.4, -0.2) is 54.0 Å². The molecule has 0 saturated carbocycles. The van der Waals surface area contributed by atoms with Crippen LogP contribution in [-0.2, 0) is 9.59 Å². The Morgan fingerprint density at radius 1 is 1.04 bits per heavy atom. The fourth-order valence-corrected chi connectivity index (χ4v) is 2.73. The van der Waals surface area contributed by atoms with Crippen LogP contribution >= 0.6 is 0 Å². The standard InChI is InChI=1S/C18H36N2O4.Na/c1-2-3-4-5-6-7-8-9-10-11-17(22)16(19)14-20(12-13-21)15-18(23)24;/h16,21H,2-15,19H2,1H3,(H,23,24);/q;+1/p-1. The first kappa shape index (κ1) is 27.2. The number of aliphatic carboxylic acids is 1. The third kappa shape index (κ3) is 17.2. The normalized spacial score (nSPS) is 12.0. The molecular weight excluding hydrogens is 331 g/mol. The van der Waals surface area contributed by atoms with Crippen molar-refractivity contribution >= 4 is 11.8 Å². The molecule has 0 heterocycles. The molecular formula is C18H35N2NaO4. The Bertz CT molecular complexity index is 343. The summed E-state index contributed by atoms with van der Waals surface area (Å²) in [4.78, 5) is 24.1. The van der Waals surface area contributed by atoms with E-state index in [-0.39, 0.29) is 61.6 Å². The van der Waals surface area contributed by atoms with Gasteiger partial charge >= 0.3 is 29.6 Å². The number of ketones is 1. The topological polar surface area (TPSA) is 107 Å². The van der Waals surface area contributed by atoms with E-state index in [1.807, 2.05) is 0 Å². The van der Waals surface area contributed by atoms with Crippen LogP contribution in [0.5, 0.6) is 0 Å². The Labute approximate surface area is 174 Å². The molecule has 0 saturated heterocycles. The predicted molar refractivity (Wildman–Crippen MR) is 93.4 cm³/mol. The first-order chi connectivity index (χ1) is 11.5. The number of hydrogen-bond donors (Lipinski definition) is 2. The van der Waals surface area contributed by atoms with Gasteiger partial charge < -0.3 is 20.7 Å². The Balaban J connectivity index is 0. The molecule has 25 heavy (non-hydrogen) atoms. The number of rotatable bonds is 17. The summed E-state index contributed by atoms with van der Waals surface area (Å²) in [6, 6.07) is -0.704. The fraction of sp³-hybridized carbons (Fsp3) is 0.889. The van der Waals surface area contributed by atoms with Crippen LogP contribution in [0.3, 0.4) is 0 Å². The SMILES string of the molecule is CCCCCCCCCCCC(=O)C(N)CN(CCO)CC(=O)[O-].[Na+]. The van der Waals surface area contributed by atoms with E-state index in [1.54, 1.807) is 0 Å². The number of carbonyl (C=O) groups excluding carboxylic acids is 2. The summed E-state index contributed by atoms with van der Waals surface area (Å²) in [6.45, 7) is 2.03. The van der Waals surface area contributed by atoms with Gasteiger partial charge in [-0.15, -0.1) is 0 Å². The molecule has 0 aliphatic carbocycles. The molecule has 0 amide bonds. The Morgan fingerprint density at radius 2 is 1.56 bits per heavy atom. The maximum absolute atomic E-state index is 12.0. The van der Waals surface area contributed by atoms with Gasteiger partial charge in [-0.05, 0) is 6.42 Å². The van der Waals surface area contributed by atoms with Gasteiger partial charge in [0, 0.05) is 26.1 Å². The maximum Gasteiger partial charge on any atom is 1.00 e. The number of Topliss-reactive ketones (excluding diaryl/α,β-unsaturated/α-hetero) is 1. The molecule has 0 bridgehead atoms. The number of carboxylic acid groups (broad SMARTS) is 1. The molecule has 142 valence electrons. The molecule has 0 aliphatic rings. The molecule has 3 N–H and O–H groups in total. The van der Waals surface area contributed by atoms with Crippen molar-refractivity contribution in [2.24, 2.45) is 5.73 Å². The first-order valence-corrected chi connectivity index (χ1v) is 9.32. The molecule has 0 fully saturated rings. The minimum atomic E-state index is -1.23. The summed E-state index contributed by atoms with van der Waals surface area (Å²) in [6.07, 6.45) is 11.2. The van der Waals surface area contributed by atoms with Gasteiger partial charge in [-0.1, -0.05) is 58.3 Å². The molecule has 0 radical (unpaired) electrons. The molecule has 0 aliphatic heterocycles. The van der Waals surface area contributed by atoms with Crippen molar-refractivity contribution in [1.29, 1.82) is 0 Å². The monoisotopic (exact) mass is 366 g/mol. The number of aliphatic hydroxyl groups excluding tert-OH is 1. The summed E-state index contributed by atoms with van der Waals surface area (Å²) in [5.41, 5.74) is 5.85. The van der Waals surface area contributed by atoms with Gasteiger partial charge in [-0.25, -0.2) is 0 Å². The molecule has 6 nitrogen and oxygen atoms in total. The number of nitrogens with two attached hydrogens (primary N) is 1. The van der Waals surface area contributed by atoms with E-state index < -0.39 is 12.0 Å². The van der Waals surface area contributed by atoms with Crippen LogP contribution in [0.25, 0.3) is 0 Å². The quantitative estimate of drug-likeness (QED) is 0.225. The first-order valence-electron chi connectivity index (χ1n) is 9.32. The van der Waals surface area contributed by atoms with Crippen LogP contribution in [0.4, 0.5) is 0 Å². The predicted octanol–water partition coefficient (Wildman–Crippen LogP) is -2.15. The number of aliphatic hydroxyl groups is 1. The fourth-order valence-electron chi connectivity index (χ4n) is 2.73. The zero-order chi connectivity index (χ0) is 18.2. The summed E-state index contributed by atoms with van der Waals surface area (Å²) in [5, 5.41) is 19.5. The summed E-state index contributed by atoms with van der Waals surface area (Å²) in [7, 11) is 0. The van der Waals surface area contributed by atoms with Gasteiger partial charge in [0.2, 0.25) is 0 Å². The molecule has 0 aromatic rings. The van der Waals surface area contributed by atoms with E-state index >= 15 is 0 Å². The molecule has 0 aromatic heterocycles. The Morgan fingerprint density at radius 3 is 2.04 bits per heavy atom. The van der Waals surface area contributed by atoms with E-state index in [0.717, 1.165) is 19.3 Å². The van der Waals surface area contributed by atoms with Gasteiger partial charge in [-0.2, -0.15) is 0 Å². The van der Waals surface area contributed by atoms with E-state index in [2.05, 4.69) is 6.92 Å². The number of carbonyl (C=O) groups is 2. The minimum Gasteiger partial charge on any atom is -0.549 e. The third-order valence-corrected chi connectivity index (χ3v) is 4.16. The minimum absolute atomic E-state index is 0. The zero-order valence-electron chi connectivity index (χ0n) is 16.2. The van der Waals surface area contributed by atoms with Crippen LogP contribution in [0, 0.1) is 0 Å². The zero-order valence-corrected chi connectivity index (χ0v) is 18.2. The molecule has 7 heteroatoms. The molecule has 1 atom stereocenters. The van der Waals surface area contributed by atoms with Crippen LogP contribution in [0.1, 0.15) is 71.1 Å². The van der Waals surface area contributed by atoms with E-state index in [4.69, 9.17) is 10.8 Å². The Hall–Kier alpha value is 0.0200. The van der Waals surface area contributed by atoms with Crippen molar-refractivity contribution in [3.05, 3.63) is 0 Å². The van der Waals surface area contributed by atoms with E-state index in [0.29, 0.717) is 6.42 Å². The summed E-state index contributed by atoms with van der Waals surface area (Å²) >= 11 is 0. The summed E-state index contributed by atoms with van der Waals surface area (Å²) < 4.78 is 0. The van der Waals surface area contributed by atoms with E-state index in [9.17, 15) is 14.7 Å². The van der Waals surface area contributed by atoms with Gasteiger partial charge in [-0.3, -0.25) is 9.69 Å². The molecule has 0 rings (SSSR count). The second-order valence-electron chi connectivity index (χ2n) is 6.48. The van der Waals surface area contributed by atoms with Crippen molar-refractivity contribution in [2.45, 2.75) is 77.2 Å². The molecule has 0 aromatic carbocycles. The second kappa shape index (κ2) is 18.8. The third-order valence-electron chi connectivity index (χ3n) is 4.16. The van der Waals surface area contributed by atoms with Crippen molar-refractivity contribution in [1.82, 2.24) is 4.90 Å². The average molecular weight is 366 g/mol. The molecule has 1 unspecified atom stereocenters. The van der Waals surface area contributed by atoms with Crippen LogP contribution in [0.2, 0.25) is 0 Å². The van der Waals surface area contributed by atoms with Crippen molar-refractivity contribution < 1.29 is 49.4 Å². The van der Waals surface area contributed by atoms with Crippen molar-refractivity contribution in [3.8, 4) is 0 Å². The van der Waals surface area contributed by atoms with Gasteiger partial charge in [0.1, 0.15) is 0 Å². The Kier molecular flexibility index (Phi) is 20.5. The van der Waals surface area contributed by atoms with Crippen LogP contribution in [0.15, 0.2) is 0 Å². The second-order valence-corrected chi connectivity index (χ2v) is 6.48. The van der Waals surface area contributed by atoms with Gasteiger partial charge in [0.25, 0.3) is 0 Å². The number of hydrogen-bond acceptors (Lipinski definition) is 6. The van der Waals surface area contributed by atoms with Gasteiger partial charge in [0.15, 0.2) is 5.78 Å². The summed E-state index contributed by atoms with van der Waals surface area (Å²) in [5.74, 6) is -1.28. The van der Waals surface area contributed by atoms with Crippen molar-refractivity contribution in [2.75, 3.05) is 26.2 Å². The molecule has 0 spiro atoms. The number of nitrogens with zero attached hydrogens (tertiary/aromatic N) is 1. The number of carboxylic acids is 1. The van der Waals surface area contributed by atoms with E-state index in [1.165, 1.54) is 43.4 Å². The van der Waals surface area contributed by atoms with Gasteiger partial charge in [0.05, 0.1) is 18.6 Å². The van der Waals surface area contributed by atoms with Crippen LogP contribution < -0.4 is 40.4 Å². The smallest absolute Gasteiger partial charge is 0.549 e.